The number of nitro benzene ring substituents is 1. The van der Waals surface area contributed by atoms with E-state index in [0.717, 1.165) is 0 Å². The molecule has 2 aromatic carbocycles. The van der Waals surface area contributed by atoms with Gasteiger partial charge in [-0.15, -0.1) is 0 Å². The number of benzene rings is 2. The molecule has 0 aliphatic heterocycles. The summed E-state index contributed by atoms with van der Waals surface area (Å²) in [5.41, 5.74) is 6.03. The third-order valence-electron chi connectivity index (χ3n) is 3.74. The van der Waals surface area contributed by atoms with Gasteiger partial charge in [0, 0.05) is 17.8 Å². The summed E-state index contributed by atoms with van der Waals surface area (Å²) in [6.07, 6.45) is 0. The summed E-state index contributed by atoms with van der Waals surface area (Å²) >= 11 is 0. The summed E-state index contributed by atoms with van der Waals surface area (Å²) in [5, 5.41) is 11.3. The molecule has 0 aliphatic rings. The van der Waals surface area contributed by atoms with E-state index in [2.05, 4.69) is 0 Å². The summed E-state index contributed by atoms with van der Waals surface area (Å²) in [7, 11) is -6.62. The Morgan fingerprint density at radius 3 is 1.56 bits per heavy atom. The Bertz CT molecular complexity index is 950. The van der Waals surface area contributed by atoms with Gasteiger partial charge >= 0.3 is 15.2 Å². The van der Waals surface area contributed by atoms with E-state index in [-0.39, 0.29) is 24.2 Å². The molecule has 0 aliphatic carbocycles. The molecule has 0 aromatic heterocycles. The van der Waals surface area contributed by atoms with Gasteiger partial charge in [-0.1, -0.05) is 12.1 Å². The third-order valence-corrected chi connectivity index (χ3v) is 7.95. The van der Waals surface area contributed by atoms with Crippen molar-refractivity contribution < 1.29 is 32.1 Å². The first kappa shape index (κ1) is 28.0. The van der Waals surface area contributed by atoms with Crippen LogP contribution in [0.15, 0.2) is 48.5 Å². The van der Waals surface area contributed by atoms with Crippen LogP contribution in [0.2, 0.25) is 0 Å². The first-order chi connectivity index (χ1) is 15.2. The second-order valence-corrected chi connectivity index (χ2v) is 10.1. The number of rotatable bonds is 11. The van der Waals surface area contributed by atoms with E-state index in [0.29, 0.717) is 24.2 Å². The highest BCUT2D eigenvalue weighted by Gasteiger charge is 2.28. The Kier molecular flexibility index (Phi) is 11.8. The van der Waals surface area contributed by atoms with Gasteiger partial charge in [0.2, 0.25) is 0 Å². The first-order valence-electron chi connectivity index (χ1n) is 10.0. The number of nitrogens with two attached hydrogens (primary N) is 1. The SMILES string of the molecule is CCOP(=O)(OCC)c1cccc(N)c1.CCOP(=O)(OCC)c1cccc([N+](=O)[O-])c1. The molecule has 0 heterocycles. The van der Waals surface area contributed by atoms with Crippen LogP contribution in [-0.4, -0.2) is 31.4 Å². The Hall–Kier alpha value is -2.06. The zero-order chi connectivity index (χ0) is 24.2. The average molecular weight is 488 g/mol. The van der Waals surface area contributed by atoms with Gasteiger partial charge in [-0.2, -0.15) is 0 Å². The molecule has 0 radical (unpaired) electrons. The topological polar surface area (TPSA) is 140 Å². The van der Waals surface area contributed by atoms with Gasteiger partial charge in [0.1, 0.15) is 0 Å². The van der Waals surface area contributed by atoms with E-state index in [1.165, 1.54) is 24.3 Å². The van der Waals surface area contributed by atoms with Crippen LogP contribution in [0.25, 0.3) is 0 Å². The molecule has 0 spiro atoms. The fraction of sp³-hybridized carbons (Fsp3) is 0.400. The van der Waals surface area contributed by atoms with Crippen molar-refractivity contribution in [2.45, 2.75) is 27.7 Å². The minimum absolute atomic E-state index is 0.137. The maximum Gasteiger partial charge on any atom is 0.361 e. The van der Waals surface area contributed by atoms with E-state index in [1.807, 2.05) is 0 Å². The minimum atomic E-state index is -3.44. The summed E-state index contributed by atoms with van der Waals surface area (Å²) in [6.45, 7) is 8.01. The van der Waals surface area contributed by atoms with Crippen molar-refractivity contribution in [2.24, 2.45) is 0 Å². The number of hydrogen-bond donors (Lipinski definition) is 1. The zero-order valence-electron chi connectivity index (χ0n) is 18.6. The Labute approximate surface area is 188 Å². The first-order valence-corrected chi connectivity index (χ1v) is 13.1. The van der Waals surface area contributed by atoms with Crippen molar-refractivity contribution >= 4 is 37.2 Å². The molecule has 12 heteroatoms. The average Bonchev–Trinajstić information content (AvgIpc) is 2.75. The maximum atomic E-state index is 12.3. The standard InChI is InChI=1S/C10H14NO5P.C10H16NO3P/c1-3-15-17(14,16-4-2)10-7-5-6-9(8-10)11(12)13;1-3-13-15(12,14-4-2)10-7-5-6-9(11)8-10/h5-8H,3-4H2,1-2H3;5-8H,3-4,11H2,1-2H3. The van der Waals surface area contributed by atoms with Gasteiger partial charge in [-0.05, 0) is 52.0 Å². The van der Waals surface area contributed by atoms with E-state index in [1.54, 1.807) is 52.0 Å². The van der Waals surface area contributed by atoms with Gasteiger partial charge < -0.3 is 23.8 Å². The number of hydrogen-bond acceptors (Lipinski definition) is 9. The molecule has 2 aromatic rings. The molecule has 2 rings (SSSR count). The van der Waals surface area contributed by atoms with Gasteiger partial charge in [0.15, 0.2) is 0 Å². The number of nitro groups is 1. The van der Waals surface area contributed by atoms with Crippen molar-refractivity contribution in [3.8, 4) is 0 Å². The molecule has 0 saturated carbocycles. The molecular weight excluding hydrogens is 458 g/mol. The number of non-ortho nitro benzene ring substituents is 1. The number of nitrogen functional groups attached to an aromatic ring is 1. The van der Waals surface area contributed by atoms with Crippen LogP contribution in [0.4, 0.5) is 11.4 Å². The fourth-order valence-electron chi connectivity index (χ4n) is 2.52. The zero-order valence-corrected chi connectivity index (χ0v) is 20.4. The smallest absolute Gasteiger partial charge is 0.361 e. The molecule has 0 amide bonds. The maximum absolute atomic E-state index is 12.3. The third kappa shape index (κ3) is 8.13. The van der Waals surface area contributed by atoms with Crippen LogP contribution in [0, 0.1) is 10.1 Å². The van der Waals surface area contributed by atoms with E-state index in [4.69, 9.17) is 23.8 Å². The molecule has 0 saturated heterocycles. The lowest BCUT2D eigenvalue weighted by atomic mass is 10.3. The Morgan fingerprint density at radius 2 is 1.19 bits per heavy atom. The van der Waals surface area contributed by atoms with Crippen molar-refractivity contribution in [3.63, 3.8) is 0 Å². The molecule has 0 atom stereocenters. The summed E-state index contributed by atoms with van der Waals surface area (Å²) < 4.78 is 45.2. The molecular formula is C20H30N2O8P2. The van der Waals surface area contributed by atoms with Gasteiger partial charge in [-0.3, -0.25) is 19.2 Å². The van der Waals surface area contributed by atoms with Crippen molar-refractivity contribution in [1.29, 1.82) is 0 Å². The highest BCUT2D eigenvalue weighted by molar-refractivity contribution is 7.62. The largest absolute Gasteiger partial charge is 0.399 e. The highest BCUT2D eigenvalue weighted by Crippen LogP contribution is 2.47. The van der Waals surface area contributed by atoms with Crippen molar-refractivity contribution in [1.82, 2.24) is 0 Å². The minimum Gasteiger partial charge on any atom is -0.399 e. The lowest BCUT2D eigenvalue weighted by Gasteiger charge is -2.17. The lowest BCUT2D eigenvalue weighted by molar-refractivity contribution is -0.384. The van der Waals surface area contributed by atoms with Crippen LogP contribution in [0.1, 0.15) is 27.7 Å². The molecule has 10 nitrogen and oxygen atoms in total. The van der Waals surface area contributed by atoms with Crippen LogP contribution in [0.5, 0.6) is 0 Å². The normalized spacial score (nSPS) is 11.5. The highest BCUT2D eigenvalue weighted by atomic mass is 31.2. The summed E-state index contributed by atoms with van der Waals surface area (Å²) in [4.78, 5) is 10.1. The van der Waals surface area contributed by atoms with Crippen LogP contribution in [-0.2, 0) is 27.2 Å². The molecule has 0 bridgehead atoms. The second kappa shape index (κ2) is 13.5. The quantitative estimate of drug-likeness (QED) is 0.207. The van der Waals surface area contributed by atoms with Gasteiger partial charge in [0.25, 0.3) is 5.69 Å². The fourth-order valence-corrected chi connectivity index (χ4v) is 5.76. The molecule has 0 fully saturated rings. The van der Waals surface area contributed by atoms with Gasteiger partial charge in [0.05, 0.1) is 42.0 Å². The second-order valence-electron chi connectivity index (χ2n) is 6.04. The predicted molar refractivity (Wildman–Crippen MR) is 125 cm³/mol. The van der Waals surface area contributed by atoms with Crippen molar-refractivity contribution in [3.05, 3.63) is 58.6 Å². The van der Waals surface area contributed by atoms with E-state index < -0.39 is 20.1 Å². The number of nitrogens with zero attached hydrogens (tertiary/aromatic N) is 1. The molecule has 0 unspecified atom stereocenters. The van der Waals surface area contributed by atoms with Crippen LogP contribution in [0.3, 0.4) is 0 Å². The molecule has 178 valence electrons. The van der Waals surface area contributed by atoms with E-state index in [9.17, 15) is 19.2 Å². The monoisotopic (exact) mass is 488 g/mol. The Morgan fingerprint density at radius 1 is 0.781 bits per heavy atom. The van der Waals surface area contributed by atoms with Crippen LogP contribution >= 0.6 is 15.2 Å². The summed E-state index contributed by atoms with van der Waals surface area (Å²) in [6, 6.07) is 12.3. The molecule has 32 heavy (non-hydrogen) atoms. The molecule has 2 N–H and O–H groups in total. The summed E-state index contributed by atoms with van der Waals surface area (Å²) in [5.74, 6) is 0. The Balaban J connectivity index is 0.000000323. The van der Waals surface area contributed by atoms with Gasteiger partial charge in [-0.25, -0.2) is 0 Å². The predicted octanol–water partition coefficient (Wildman–Crippen LogP) is 4.65. The van der Waals surface area contributed by atoms with Crippen LogP contribution < -0.4 is 16.3 Å². The lowest BCUT2D eigenvalue weighted by Crippen LogP contribution is -2.11. The van der Waals surface area contributed by atoms with Crippen molar-refractivity contribution in [2.75, 3.05) is 32.2 Å². The van der Waals surface area contributed by atoms with E-state index >= 15 is 0 Å². The number of anilines is 1.